The summed E-state index contributed by atoms with van der Waals surface area (Å²) in [5.74, 6) is 0.908. The van der Waals surface area contributed by atoms with Crippen molar-refractivity contribution in [1.29, 1.82) is 0 Å². The SMILES string of the molecule is CN=C(NCC1CN(C)CCN1C)NC1CCN(c2ccccc2Br)C1. The maximum atomic E-state index is 4.43. The number of aliphatic imine (C=N–C) groups is 1. The quantitative estimate of drug-likeness (QED) is 0.567. The second kappa shape index (κ2) is 9.06. The zero-order chi connectivity index (χ0) is 18.5. The molecule has 6 nitrogen and oxygen atoms in total. The van der Waals surface area contributed by atoms with E-state index in [0.717, 1.165) is 56.1 Å². The average molecular weight is 423 g/mol. The molecule has 2 aliphatic rings. The third-order valence-electron chi connectivity index (χ3n) is 5.43. The molecule has 2 saturated heterocycles. The predicted octanol–water partition coefficient (Wildman–Crippen LogP) is 1.44. The van der Waals surface area contributed by atoms with E-state index in [4.69, 9.17) is 0 Å². The molecular weight excluding hydrogens is 392 g/mol. The molecule has 1 aromatic rings. The number of piperazine rings is 1. The first-order valence-corrected chi connectivity index (χ1v) is 10.2. The second-order valence-corrected chi connectivity index (χ2v) is 8.23. The minimum Gasteiger partial charge on any atom is -0.368 e. The molecule has 2 unspecified atom stereocenters. The highest BCUT2D eigenvalue weighted by atomic mass is 79.9. The zero-order valence-corrected chi connectivity index (χ0v) is 17.7. The van der Waals surface area contributed by atoms with Crippen LogP contribution in [0.2, 0.25) is 0 Å². The molecule has 2 heterocycles. The van der Waals surface area contributed by atoms with Crippen LogP contribution in [0.1, 0.15) is 6.42 Å². The van der Waals surface area contributed by atoms with Gasteiger partial charge in [0, 0.05) is 62.9 Å². The molecule has 7 heteroatoms. The highest BCUT2D eigenvalue weighted by Gasteiger charge is 2.26. The van der Waals surface area contributed by atoms with Gasteiger partial charge in [0.2, 0.25) is 0 Å². The van der Waals surface area contributed by atoms with E-state index in [1.54, 1.807) is 0 Å². The molecule has 2 N–H and O–H groups in total. The minimum absolute atomic E-state index is 0.417. The Morgan fingerprint density at radius 2 is 2.00 bits per heavy atom. The summed E-state index contributed by atoms with van der Waals surface area (Å²) in [4.78, 5) is 11.7. The molecule has 3 rings (SSSR count). The van der Waals surface area contributed by atoms with E-state index >= 15 is 0 Å². The van der Waals surface area contributed by atoms with Gasteiger partial charge >= 0.3 is 0 Å². The Morgan fingerprint density at radius 3 is 2.77 bits per heavy atom. The van der Waals surface area contributed by atoms with Crippen LogP contribution in [-0.4, -0.2) is 88.3 Å². The average Bonchev–Trinajstić information content (AvgIpc) is 3.10. The van der Waals surface area contributed by atoms with Gasteiger partial charge in [-0.25, -0.2) is 0 Å². The summed E-state index contributed by atoms with van der Waals surface area (Å²) in [6.07, 6.45) is 1.12. The van der Waals surface area contributed by atoms with E-state index in [2.05, 4.69) is 84.6 Å². The van der Waals surface area contributed by atoms with Gasteiger partial charge in [0.25, 0.3) is 0 Å². The van der Waals surface area contributed by atoms with Crippen molar-refractivity contribution in [2.24, 2.45) is 4.99 Å². The van der Waals surface area contributed by atoms with Gasteiger partial charge < -0.3 is 20.4 Å². The number of nitrogens with one attached hydrogen (secondary N) is 2. The lowest BCUT2D eigenvalue weighted by molar-refractivity contribution is 0.116. The number of rotatable bonds is 4. The molecule has 2 fully saturated rings. The Hall–Kier alpha value is -1.31. The summed E-state index contributed by atoms with van der Waals surface area (Å²) < 4.78 is 1.16. The van der Waals surface area contributed by atoms with E-state index in [9.17, 15) is 0 Å². The molecule has 2 atom stereocenters. The number of halogens is 1. The molecule has 144 valence electrons. The Morgan fingerprint density at radius 1 is 1.19 bits per heavy atom. The zero-order valence-electron chi connectivity index (χ0n) is 16.1. The minimum atomic E-state index is 0.417. The fraction of sp³-hybridized carbons (Fsp3) is 0.632. The first kappa shape index (κ1) is 19.5. The number of nitrogens with zero attached hydrogens (tertiary/aromatic N) is 4. The molecular formula is C19H31BrN6. The third kappa shape index (κ3) is 4.90. The van der Waals surface area contributed by atoms with Crippen LogP contribution < -0.4 is 15.5 Å². The summed E-state index contributed by atoms with van der Waals surface area (Å²) in [6, 6.07) is 9.38. The van der Waals surface area contributed by atoms with Crippen molar-refractivity contribution >= 4 is 27.6 Å². The lowest BCUT2D eigenvalue weighted by atomic mass is 10.2. The van der Waals surface area contributed by atoms with Crippen LogP contribution in [0, 0.1) is 0 Å². The monoisotopic (exact) mass is 422 g/mol. The van der Waals surface area contributed by atoms with Crippen molar-refractivity contribution in [3.05, 3.63) is 28.7 Å². The van der Waals surface area contributed by atoms with Crippen LogP contribution >= 0.6 is 15.9 Å². The molecule has 26 heavy (non-hydrogen) atoms. The number of likely N-dealkylation sites (N-methyl/N-ethyl adjacent to an activating group) is 2. The number of hydrogen-bond donors (Lipinski definition) is 2. The van der Waals surface area contributed by atoms with Crippen LogP contribution in [0.3, 0.4) is 0 Å². The van der Waals surface area contributed by atoms with E-state index in [-0.39, 0.29) is 0 Å². The number of benzene rings is 1. The van der Waals surface area contributed by atoms with E-state index < -0.39 is 0 Å². The summed E-state index contributed by atoms with van der Waals surface area (Å²) in [5, 5.41) is 7.13. The Kier molecular flexibility index (Phi) is 6.78. The molecule has 0 aliphatic carbocycles. The summed E-state index contributed by atoms with van der Waals surface area (Å²) >= 11 is 3.66. The fourth-order valence-corrected chi connectivity index (χ4v) is 4.26. The van der Waals surface area contributed by atoms with Crippen LogP contribution in [-0.2, 0) is 0 Å². The van der Waals surface area contributed by atoms with Gasteiger partial charge in [-0.3, -0.25) is 9.89 Å². The van der Waals surface area contributed by atoms with Gasteiger partial charge in [-0.1, -0.05) is 12.1 Å². The number of anilines is 1. The van der Waals surface area contributed by atoms with Gasteiger partial charge in [0.1, 0.15) is 0 Å². The Bertz CT molecular complexity index is 622. The highest BCUT2D eigenvalue weighted by Crippen LogP contribution is 2.28. The van der Waals surface area contributed by atoms with Crippen molar-refractivity contribution in [1.82, 2.24) is 20.4 Å². The summed E-state index contributed by atoms with van der Waals surface area (Å²) in [7, 11) is 6.26. The largest absolute Gasteiger partial charge is 0.368 e. The van der Waals surface area contributed by atoms with Gasteiger partial charge in [0.05, 0.1) is 5.69 Å². The van der Waals surface area contributed by atoms with Gasteiger partial charge in [-0.15, -0.1) is 0 Å². The molecule has 0 radical (unpaired) electrons. The van der Waals surface area contributed by atoms with E-state index in [0.29, 0.717) is 12.1 Å². The smallest absolute Gasteiger partial charge is 0.191 e. The molecule has 0 aromatic heterocycles. The second-order valence-electron chi connectivity index (χ2n) is 7.38. The number of para-hydroxylation sites is 1. The maximum absolute atomic E-state index is 4.43. The van der Waals surface area contributed by atoms with Crippen LogP contribution in [0.25, 0.3) is 0 Å². The summed E-state index contributed by atoms with van der Waals surface area (Å²) in [6.45, 7) is 6.34. The Labute approximate surface area is 165 Å². The van der Waals surface area contributed by atoms with Gasteiger partial charge in [-0.2, -0.15) is 0 Å². The maximum Gasteiger partial charge on any atom is 0.191 e. The molecule has 1 aromatic carbocycles. The first-order chi connectivity index (χ1) is 12.6. The van der Waals surface area contributed by atoms with Crippen molar-refractivity contribution in [3.8, 4) is 0 Å². The van der Waals surface area contributed by atoms with Crippen molar-refractivity contribution in [3.63, 3.8) is 0 Å². The molecule has 0 saturated carbocycles. The molecule has 0 amide bonds. The van der Waals surface area contributed by atoms with Crippen LogP contribution in [0.4, 0.5) is 5.69 Å². The van der Waals surface area contributed by atoms with Crippen molar-refractivity contribution < 1.29 is 0 Å². The van der Waals surface area contributed by atoms with Gasteiger partial charge in [-0.05, 0) is 48.6 Å². The van der Waals surface area contributed by atoms with Crippen molar-refractivity contribution in [2.45, 2.75) is 18.5 Å². The van der Waals surface area contributed by atoms with Crippen LogP contribution in [0.15, 0.2) is 33.7 Å². The molecule has 2 aliphatic heterocycles. The van der Waals surface area contributed by atoms with E-state index in [1.807, 2.05) is 7.05 Å². The first-order valence-electron chi connectivity index (χ1n) is 9.42. The fourth-order valence-electron chi connectivity index (χ4n) is 3.73. The predicted molar refractivity (Wildman–Crippen MR) is 113 cm³/mol. The molecule has 0 spiro atoms. The Balaban J connectivity index is 1.49. The molecule has 0 bridgehead atoms. The number of guanidine groups is 1. The van der Waals surface area contributed by atoms with Gasteiger partial charge in [0.15, 0.2) is 5.96 Å². The van der Waals surface area contributed by atoms with Crippen molar-refractivity contribution in [2.75, 3.05) is 65.3 Å². The normalized spacial score (nSPS) is 25.5. The van der Waals surface area contributed by atoms with E-state index in [1.165, 1.54) is 5.69 Å². The third-order valence-corrected chi connectivity index (χ3v) is 6.10. The number of hydrogen-bond acceptors (Lipinski definition) is 4. The topological polar surface area (TPSA) is 46.1 Å². The lowest BCUT2D eigenvalue weighted by Crippen LogP contribution is -2.56. The standard InChI is InChI=1S/C19H31BrN6/c1-21-19(22-12-16-14-24(2)10-11-25(16)3)23-15-8-9-26(13-15)18-7-5-4-6-17(18)20/h4-7,15-16H,8-14H2,1-3H3,(H2,21,22,23). The summed E-state index contributed by atoms with van der Waals surface area (Å²) in [5.41, 5.74) is 1.27. The lowest BCUT2D eigenvalue weighted by Gasteiger charge is -2.38. The van der Waals surface area contributed by atoms with Crippen LogP contribution in [0.5, 0.6) is 0 Å². The highest BCUT2D eigenvalue weighted by molar-refractivity contribution is 9.10.